The van der Waals surface area contributed by atoms with Crippen molar-refractivity contribution in [1.82, 2.24) is 0 Å². The molecule has 1 atom stereocenters. The summed E-state index contributed by atoms with van der Waals surface area (Å²) in [6.45, 7) is 8.29. The zero-order chi connectivity index (χ0) is 13.0. The molecule has 0 amide bonds. The molecule has 0 aliphatic rings. The second kappa shape index (κ2) is 11.1. The van der Waals surface area contributed by atoms with Crippen molar-refractivity contribution in [2.24, 2.45) is 5.73 Å². The SMILES string of the molecule is [CH2]CC(C)(N)CCCCCCCCCCCC. The molecule has 0 bridgehead atoms. The van der Waals surface area contributed by atoms with Crippen LogP contribution in [0.4, 0.5) is 0 Å². The fourth-order valence-corrected chi connectivity index (χ4v) is 2.14. The standard InChI is InChI=1S/C16H34N/c1-4-6-7-8-9-10-11-12-13-14-15-16(3,17)5-2/h2,4-15,17H2,1,3H3. The molecule has 1 heteroatoms. The average molecular weight is 240 g/mol. The van der Waals surface area contributed by atoms with E-state index in [1.807, 2.05) is 0 Å². The third-order valence-electron chi connectivity index (χ3n) is 3.67. The van der Waals surface area contributed by atoms with Crippen molar-refractivity contribution in [2.45, 2.75) is 96.4 Å². The van der Waals surface area contributed by atoms with E-state index in [0.29, 0.717) is 0 Å². The molecule has 1 unspecified atom stereocenters. The van der Waals surface area contributed by atoms with E-state index in [0.717, 1.165) is 12.8 Å². The first-order valence-electron chi connectivity index (χ1n) is 7.70. The van der Waals surface area contributed by atoms with E-state index in [2.05, 4.69) is 20.8 Å². The van der Waals surface area contributed by atoms with Crippen LogP contribution in [0.5, 0.6) is 0 Å². The first-order chi connectivity index (χ1) is 8.12. The predicted octanol–water partition coefficient (Wildman–Crippen LogP) is 5.24. The molecular formula is C16H34N. The van der Waals surface area contributed by atoms with E-state index < -0.39 is 0 Å². The second-order valence-corrected chi connectivity index (χ2v) is 5.84. The van der Waals surface area contributed by atoms with E-state index in [1.165, 1.54) is 64.2 Å². The topological polar surface area (TPSA) is 26.0 Å². The molecule has 0 fully saturated rings. The van der Waals surface area contributed by atoms with Gasteiger partial charge >= 0.3 is 0 Å². The van der Waals surface area contributed by atoms with Gasteiger partial charge in [0.1, 0.15) is 0 Å². The van der Waals surface area contributed by atoms with Gasteiger partial charge in [0, 0.05) is 5.54 Å². The van der Waals surface area contributed by atoms with Crippen LogP contribution in [0.1, 0.15) is 90.9 Å². The molecule has 0 aliphatic carbocycles. The molecular weight excluding hydrogens is 206 g/mol. The summed E-state index contributed by atoms with van der Waals surface area (Å²) in [5, 5.41) is 0. The van der Waals surface area contributed by atoms with Crippen LogP contribution in [0.3, 0.4) is 0 Å². The maximum atomic E-state index is 6.06. The highest BCUT2D eigenvalue weighted by Gasteiger charge is 2.13. The fraction of sp³-hybridized carbons (Fsp3) is 0.938. The summed E-state index contributed by atoms with van der Waals surface area (Å²) in [7, 11) is 0. The molecule has 0 saturated heterocycles. The number of rotatable bonds is 12. The van der Waals surface area contributed by atoms with Gasteiger partial charge in [-0.1, -0.05) is 78.1 Å². The Labute approximate surface area is 110 Å². The fourth-order valence-electron chi connectivity index (χ4n) is 2.14. The summed E-state index contributed by atoms with van der Waals surface area (Å²) in [4.78, 5) is 0. The zero-order valence-electron chi connectivity index (χ0n) is 12.3. The molecule has 0 aromatic rings. The minimum Gasteiger partial charge on any atom is -0.325 e. The van der Waals surface area contributed by atoms with Crippen LogP contribution in [0.2, 0.25) is 0 Å². The first kappa shape index (κ1) is 17.0. The maximum absolute atomic E-state index is 6.06. The van der Waals surface area contributed by atoms with Gasteiger partial charge in [-0.2, -0.15) is 0 Å². The third-order valence-corrected chi connectivity index (χ3v) is 3.67. The van der Waals surface area contributed by atoms with Gasteiger partial charge in [0.25, 0.3) is 0 Å². The van der Waals surface area contributed by atoms with Gasteiger partial charge in [-0.15, -0.1) is 0 Å². The molecule has 1 nitrogen and oxygen atoms in total. The first-order valence-corrected chi connectivity index (χ1v) is 7.70. The van der Waals surface area contributed by atoms with E-state index in [4.69, 9.17) is 5.73 Å². The molecule has 0 rings (SSSR count). The molecule has 17 heavy (non-hydrogen) atoms. The Morgan fingerprint density at radius 3 is 1.65 bits per heavy atom. The smallest absolute Gasteiger partial charge is 0.0125 e. The van der Waals surface area contributed by atoms with Crippen LogP contribution < -0.4 is 5.73 Å². The summed E-state index contributed by atoms with van der Waals surface area (Å²) in [6.07, 6.45) is 15.9. The summed E-state index contributed by atoms with van der Waals surface area (Å²) in [6, 6.07) is 0. The van der Waals surface area contributed by atoms with Gasteiger partial charge < -0.3 is 5.73 Å². The molecule has 0 saturated carbocycles. The van der Waals surface area contributed by atoms with E-state index in [1.54, 1.807) is 0 Å². The van der Waals surface area contributed by atoms with Crippen LogP contribution in [-0.4, -0.2) is 5.54 Å². The van der Waals surface area contributed by atoms with Crippen LogP contribution >= 0.6 is 0 Å². The molecule has 0 spiro atoms. The maximum Gasteiger partial charge on any atom is 0.0125 e. The van der Waals surface area contributed by atoms with Gasteiger partial charge in [-0.05, 0) is 19.8 Å². The van der Waals surface area contributed by atoms with Gasteiger partial charge in [-0.3, -0.25) is 0 Å². The molecule has 0 aromatic heterocycles. The minimum absolute atomic E-state index is 0.0276. The van der Waals surface area contributed by atoms with E-state index in [9.17, 15) is 0 Å². The lowest BCUT2D eigenvalue weighted by atomic mass is 9.92. The van der Waals surface area contributed by atoms with Gasteiger partial charge in [0.15, 0.2) is 0 Å². The normalized spacial score (nSPS) is 14.8. The van der Waals surface area contributed by atoms with E-state index >= 15 is 0 Å². The lowest BCUT2D eigenvalue weighted by Crippen LogP contribution is -2.34. The van der Waals surface area contributed by atoms with E-state index in [-0.39, 0.29) is 5.54 Å². The molecule has 2 N–H and O–H groups in total. The van der Waals surface area contributed by atoms with Crippen LogP contribution in [-0.2, 0) is 0 Å². The van der Waals surface area contributed by atoms with Gasteiger partial charge in [0.05, 0.1) is 0 Å². The second-order valence-electron chi connectivity index (χ2n) is 5.84. The lowest BCUT2D eigenvalue weighted by molar-refractivity contribution is 0.408. The van der Waals surface area contributed by atoms with Crippen molar-refractivity contribution < 1.29 is 0 Å². The molecule has 0 aromatic carbocycles. The Bertz CT molecular complexity index is 152. The summed E-state index contributed by atoms with van der Waals surface area (Å²) in [5.74, 6) is 0. The Hall–Kier alpha value is -0.0400. The van der Waals surface area contributed by atoms with Crippen LogP contribution in [0.15, 0.2) is 0 Å². The number of hydrogen-bond donors (Lipinski definition) is 1. The Morgan fingerprint density at radius 1 is 0.824 bits per heavy atom. The average Bonchev–Trinajstić information content (AvgIpc) is 2.31. The van der Waals surface area contributed by atoms with Crippen molar-refractivity contribution in [2.75, 3.05) is 0 Å². The summed E-state index contributed by atoms with van der Waals surface area (Å²) < 4.78 is 0. The van der Waals surface area contributed by atoms with Gasteiger partial charge in [0.2, 0.25) is 0 Å². The largest absolute Gasteiger partial charge is 0.325 e. The highest BCUT2D eigenvalue weighted by Crippen LogP contribution is 2.16. The Kier molecular flexibility index (Phi) is 11.0. The molecule has 1 radical (unpaired) electrons. The summed E-state index contributed by atoms with van der Waals surface area (Å²) >= 11 is 0. The lowest BCUT2D eigenvalue weighted by Gasteiger charge is -2.22. The van der Waals surface area contributed by atoms with Crippen molar-refractivity contribution in [3.8, 4) is 0 Å². The van der Waals surface area contributed by atoms with Crippen molar-refractivity contribution >= 4 is 0 Å². The highest BCUT2D eigenvalue weighted by molar-refractivity contribution is 4.78. The molecule has 103 valence electrons. The number of unbranched alkanes of at least 4 members (excludes halogenated alkanes) is 9. The third kappa shape index (κ3) is 12.2. The quantitative estimate of drug-likeness (QED) is 0.464. The predicted molar refractivity (Wildman–Crippen MR) is 79.0 cm³/mol. The van der Waals surface area contributed by atoms with Gasteiger partial charge in [-0.25, -0.2) is 0 Å². The van der Waals surface area contributed by atoms with Crippen LogP contribution in [0.25, 0.3) is 0 Å². The highest BCUT2D eigenvalue weighted by atomic mass is 14.7. The monoisotopic (exact) mass is 240 g/mol. The Morgan fingerprint density at radius 2 is 1.24 bits per heavy atom. The molecule has 0 heterocycles. The van der Waals surface area contributed by atoms with Crippen molar-refractivity contribution in [3.05, 3.63) is 6.92 Å². The minimum atomic E-state index is -0.0276. The zero-order valence-corrected chi connectivity index (χ0v) is 12.3. The van der Waals surface area contributed by atoms with Crippen LogP contribution in [0, 0.1) is 6.92 Å². The van der Waals surface area contributed by atoms with Crippen molar-refractivity contribution in [3.63, 3.8) is 0 Å². The summed E-state index contributed by atoms with van der Waals surface area (Å²) in [5.41, 5.74) is 6.03. The number of hydrogen-bond acceptors (Lipinski definition) is 1. The number of nitrogens with two attached hydrogens (primary N) is 1. The Balaban J connectivity index is 3.09. The van der Waals surface area contributed by atoms with Crippen molar-refractivity contribution in [1.29, 1.82) is 0 Å². The molecule has 0 aliphatic heterocycles.